The van der Waals surface area contributed by atoms with Gasteiger partial charge in [-0.3, -0.25) is 14.5 Å². The highest BCUT2D eigenvalue weighted by atomic mass is 16.2. The van der Waals surface area contributed by atoms with Crippen LogP contribution in [-0.2, 0) is 9.59 Å². The third-order valence-corrected chi connectivity index (χ3v) is 2.80. The lowest BCUT2D eigenvalue weighted by Gasteiger charge is -2.18. The Labute approximate surface area is 113 Å². The van der Waals surface area contributed by atoms with Crippen LogP contribution in [0.4, 0.5) is 5.82 Å². The molecule has 0 saturated carbocycles. The number of nitrogens with zero attached hydrogens (tertiary/aromatic N) is 2. The molecule has 0 radical (unpaired) electrons. The van der Waals surface area contributed by atoms with E-state index in [-0.39, 0.29) is 24.3 Å². The summed E-state index contributed by atoms with van der Waals surface area (Å²) in [5.74, 6) is -0.000643. The number of likely N-dealkylation sites (N-methyl/N-ethyl adjacent to an activating group) is 1. The van der Waals surface area contributed by atoms with Crippen molar-refractivity contribution in [3.05, 3.63) is 24.4 Å². The average molecular weight is 264 g/mol. The van der Waals surface area contributed by atoms with Crippen molar-refractivity contribution in [2.24, 2.45) is 11.7 Å². The van der Waals surface area contributed by atoms with Crippen molar-refractivity contribution in [3.63, 3.8) is 0 Å². The highest BCUT2D eigenvalue weighted by Gasteiger charge is 2.19. The molecule has 3 N–H and O–H groups in total. The molecule has 0 aliphatic heterocycles. The third kappa shape index (κ3) is 4.33. The lowest BCUT2D eigenvalue weighted by atomic mass is 10.1. The molecule has 6 heteroatoms. The number of amides is 2. The molecule has 0 aromatic carbocycles. The van der Waals surface area contributed by atoms with Gasteiger partial charge < -0.3 is 11.1 Å². The monoisotopic (exact) mass is 264 g/mol. The van der Waals surface area contributed by atoms with Crippen LogP contribution in [0.2, 0.25) is 0 Å². The molecule has 1 atom stereocenters. The molecule has 1 aromatic rings. The highest BCUT2D eigenvalue weighted by Crippen LogP contribution is 2.06. The van der Waals surface area contributed by atoms with Gasteiger partial charge in [0.1, 0.15) is 5.82 Å². The Balaban J connectivity index is 2.50. The SMILES string of the molecule is CC(C)[C@H](N)C(=O)NCC(=O)N(C)c1ccccn1. The lowest BCUT2D eigenvalue weighted by molar-refractivity contribution is -0.126. The van der Waals surface area contributed by atoms with Crippen LogP contribution >= 0.6 is 0 Å². The molecule has 0 unspecified atom stereocenters. The molecule has 0 fully saturated rings. The quantitative estimate of drug-likeness (QED) is 0.792. The molecule has 6 nitrogen and oxygen atoms in total. The van der Waals surface area contributed by atoms with Crippen LogP contribution in [0.3, 0.4) is 0 Å². The predicted octanol–water partition coefficient (Wildman–Crippen LogP) is 0.144. The van der Waals surface area contributed by atoms with E-state index in [4.69, 9.17) is 5.73 Å². The molecule has 0 spiro atoms. The summed E-state index contributed by atoms with van der Waals surface area (Å²) in [7, 11) is 1.61. The van der Waals surface area contributed by atoms with Gasteiger partial charge in [-0.25, -0.2) is 4.98 Å². The third-order valence-electron chi connectivity index (χ3n) is 2.80. The van der Waals surface area contributed by atoms with Gasteiger partial charge in [0.05, 0.1) is 12.6 Å². The maximum absolute atomic E-state index is 11.9. The van der Waals surface area contributed by atoms with E-state index in [2.05, 4.69) is 10.3 Å². The molecule has 1 heterocycles. The number of hydrogen-bond acceptors (Lipinski definition) is 4. The van der Waals surface area contributed by atoms with Gasteiger partial charge in [0.15, 0.2) is 0 Å². The van der Waals surface area contributed by atoms with E-state index < -0.39 is 6.04 Å². The smallest absolute Gasteiger partial charge is 0.247 e. The zero-order chi connectivity index (χ0) is 14.4. The van der Waals surface area contributed by atoms with Gasteiger partial charge in [-0.15, -0.1) is 0 Å². The summed E-state index contributed by atoms with van der Waals surface area (Å²) >= 11 is 0. The van der Waals surface area contributed by atoms with Gasteiger partial charge in [0, 0.05) is 13.2 Å². The van der Waals surface area contributed by atoms with Crippen LogP contribution in [0.1, 0.15) is 13.8 Å². The van der Waals surface area contributed by atoms with Gasteiger partial charge in [0.25, 0.3) is 0 Å². The van der Waals surface area contributed by atoms with E-state index in [1.165, 1.54) is 4.90 Å². The summed E-state index contributed by atoms with van der Waals surface area (Å²) < 4.78 is 0. The number of rotatable bonds is 5. The number of hydrogen-bond donors (Lipinski definition) is 2. The van der Waals surface area contributed by atoms with Gasteiger partial charge >= 0.3 is 0 Å². The van der Waals surface area contributed by atoms with Crippen LogP contribution in [0.5, 0.6) is 0 Å². The Kier molecular flexibility index (Phi) is 5.44. The van der Waals surface area contributed by atoms with E-state index in [1.54, 1.807) is 31.4 Å². The molecule has 104 valence electrons. The summed E-state index contributed by atoms with van der Waals surface area (Å²) in [4.78, 5) is 28.9. The fourth-order valence-corrected chi connectivity index (χ4v) is 1.38. The van der Waals surface area contributed by atoms with Gasteiger partial charge in [-0.2, -0.15) is 0 Å². The second-order valence-electron chi connectivity index (χ2n) is 4.63. The number of carbonyl (C=O) groups is 2. The Hall–Kier alpha value is -1.95. The van der Waals surface area contributed by atoms with Crippen molar-refractivity contribution in [2.45, 2.75) is 19.9 Å². The van der Waals surface area contributed by atoms with Crippen molar-refractivity contribution < 1.29 is 9.59 Å². The van der Waals surface area contributed by atoms with Crippen LogP contribution in [-0.4, -0.2) is 36.4 Å². The Morgan fingerprint density at radius 3 is 2.63 bits per heavy atom. The van der Waals surface area contributed by atoms with E-state index in [0.717, 1.165) is 0 Å². The fraction of sp³-hybridized carbons (Fsp3) is 0.462. The van der Waals surface area contributed by atoms with Gasteiger partial charge in [0.2, 0.25) is 11.8 Å². The zero-order valence-corrected chi connectivity index (χ0v) is 11.5. The van der Waals surface area contributed by atoms with Crippen molar-refractivity contribution >= 4 is 17.6 Å². The van der Waals surface area contributed by atoms with Crippen molar-refractivity contribution in [1.29, 1.82) is 0 Å². The molecule has 0 aliphatic carbocycles. The number of carbonyl (C=O) groups excluding carboxylic acids is 2. The molecule has 1 aromatic heterocycles. The second kappa shape index (κ2) is 6.84. The standard InChI is InChI=1S/C13H20N4O2/c1-9(2)12(14)13(19)16-8-11(18)17(3)10-6-4-5-7-15-10/h4-7,9,12H,8,14H2,1-3H3,(H,16,19)/t12-/m0/s1. The molecule has 19 heavy (non-hydrogen) atoms. The molecular formula is C13H20N4O2. The van der Waals surface area contributed by atoms with Crippen LogP contribution < -0.4 is 16.0 Å². The van der Waals surface area contributed by atoms with Crippen LogP contribution in [0, 0.1) is 5.92 Å². The number of nitrogens with two attached hydrogens (primary N) is 1. The first kappa shape index (κ1) is 15.1. The first-order valence-corrected chi connectivity index (χ1v) is 6.14. The topological polar surface area (TPSA) is 88.3 Å². The number of pyridine rings is 1. The number of aromatic nitrogens is 1. The minimum atomic E-state index is -0.604. The van der Waals surface area contributed by atoms with Crippen LogP contribution in [0.15, 0.2) is 24.4 Å². The summed E-state index contributed by atoms with van der Waals surface area (Å²) in [6.07, 6.45) is 1.60. The summed E-state index contributed by atoms with van der Waals surface area (Å²) in [5, 5.41) is 2.53. The normalized spacial score (nSPS) is 12.1. The van der Waals surface area contributed by atoms with E-state index in [0.29, 0.717) is 5.82 Å². The fourth-order valence-electron chi connectivity index (χ4n) is 1.38. The molecule has 1 rings (SSSR count). The van der Waals surface area contributed by atoms with Crippen LogP contribution in [0.25, 0.3) is 0 Å². The Morgan fingerprint density at radius 1 is 1.42 bits per heavy atom. The van der Waals surface area contributed by atoms with E-state index in [1.807, 2.05) is 13.8 Å². The molecule has 0 bridgehead atoms. The van der Waals surface area contributed by atoms with Crippen molar-refractivity contribution in [3.8, 4) is 0 Å². The van der Waals surface area contributed by atoms with Crippen molar-refractivity contribution in [2.75, 3.05) is 18.5 Å². The Bertz CT molecular complexity index is 434. The lowest BCUT2D eigenvalue weighted by Crippen LogP contribution is -2.47. The average Bonchev–Trinajstić information content (AvgIpc) is 2.43. The summed E-state index contributed by atoms with van der Waals surface area (Å²) in [6.45, 7) is 3.62. The highest BCUT2D eigenvalue weighted by molar-refractivity contribution is 5.96. The maximum Gasteiger partial charge on any atom is 0.247 e. The predicted molar refractivity (Wildman–Crippen MR) is 73.5 cm³/mol. The molecule has 2 amide bonds. The van der Waals surface area contributed by atoms with E-state index >= 15 is 0 Å². The second-order valence-corrected chi connectivity index (χ2v) is 4.63. The van der Waals surface area contributed by atoms with Gasteiger partial charge in [-0.1, -0.05) is 19.9 Å². The zero-order valence-electron chi connectivity index (χ0n) is 11.5. The Morgan fingerprint density at radius 2 is 2.11 bits per heavy atom. The number of nitrogens with one attached hydrogen (secondary N) is 1. The molecular weight excluding hydrogens is 244 g/mol. The number of anilines is 1. The summed E-state index contributed by atoms with van der Waals surface area (Å²) in [5.41, 5.74) is 5.68. The first-order chi connectivity index (χ1) is 8.93. The largest absolute Gasteiger partial charge is 0.346 e. The van der Waals surface area contributed by atoms with Gasteiger partial charge in [-0.05, 0) is 18.1 Å². The van der Waals surface area contributed by atoms with Crippen molar-refractivity contribution in [1.82, 2.24) is 10.3 Å². The maximum atomic E-state index is 11.9. The van der Waals surface area contributed by atoms with E-state index in [9.17, 15) is 9.59 Å². The minimum Gasteiger partial charge on any atom is -0.346 e. The molecule has 0 aliphatic rings. The minimum absolute atomic E-state index is 0.0311. The first-order valence-electron chi connectivity index (χ1n) is 6.14. The molecule has 0 saturated heterocycles. The summed E-state index contributed by atoms with van der Waals surface area (Å²) in [6, 6.07) is 4.68.